The van der Waals surface area contributed by atoms with E-state index in [2.05, 4.69) is 42.5 Å². The van der Waals surface area contributed by atoms with Gasteiger partial charge in [-0.25, -0.2) is 0 Å². The number of aryl methyl sites for hydroxylation is 3. The number of nitrogens with zero attached hydrogens (tertiary/aromatic N) is 2. The fourth-order valence-corrected chi connectivity index (χ4v) is 4.44. The van der Waals surface area contributed by atoms with Crippen LogP contribution in [-0.2, 0) is 6.54 Å². The Labute approximate surface area is 150 Å². The number of carbonyl (C=O) groups excluding carboxylic acids is 1. The maximum atomic E-state index is 12.7. The Balaban J connectivity index is 2.18. The molecule has 5 heteroatoms. The molecule has 0 bridgehead atoms. The van der Waals surface area contributed by atoms with Crippen LogP contribution < -0.4 is 4.80 Å². The van der Waals surface area contributed by atoms with Gasteiger partial charge in [0.05, 0.1) is 15.8 Å². The van der Waals surface area contributed by atoms with Gasteiger partial charge in [0.15, 0.2) is 4.80 Å². The molecule has 3 nitrogen and oxygen atoms in total. The maximum Gasteiger partial charge on any atom is 0.280 e. The van der Waals surface area contributed by atoms with Crippen LogP contribution >= 0.6 is 23.1 Å². The van der Waals surface area contributed by atoms with E-state index in [-0.39, 0.29) is 5.91 Å². The number of thiazole rings is 1. The molecule has 3 rings (SSSR count). The Kier molecular flexibility index (Phi) is 4.92. The number of hydrogen-bond donors (Lipinski definition) is 0. The summed E-state index contributed by atoms with van der Waals surface area (Å²) in [5.74, 6) is -0.179. The molecule has 3 aromatic rings. The van der Waals surface area contributed by atoms with Gasteiger partial charge in [0.2, 0.25) is 0 Å². The Morgan fingerprint density at radius 3 is 2.62 bits per heavy atom. The van der Waals surface area contributed by atoms with Gasteiger partial charge in [-0.3, -0.25) is 4.79 Å². The van der Waals surface area contributed by atoms with Crippen molar-refractivity contribution in [1.82, 2.24) is 4.57 Å². The van der Waals surface area contributed by atoms with Crippen LogP contribution in [0.3, 0.4) is 0 Å². The summed E-state index contributed by atoms with van der Waals surface area (Å²) in [5.41, 5.74) is 4.33. The largest absolute Gasteiger partial charge is 0.317 e. The smallest absolute Gasteiger partial charge is 0.280 e. The summed E-state index contributed by atoms with van der Waals surface area (Å²) in [5, 5.41) is 0. The van der Waals surface area contributed by atoms with E-state index < -0.39 is 0 Å². The number of amides is 1. The molecule has 0 saturated carbocycles. The van der Waals surface area contributed by atoms with Gasteiger partial charge in [-0.2, -0.15) is 4.99 Å². The molecular formula is C19H20N2OS2. The molecule has 0 radical (unpaired) electrons. The first-order valence-corrected chi connectivity index (χ1v) is 9.92. The molecule has 0 aliphatic carbocycles. The molecule has 0 atom stereocenters. The second-order valence-corrected chi connectivity index (χ2v) is 7.51. The third-order valence-electron chi connectivity index (χ3n) is 4.15. The molecule has 0 N–H and O–H groups in total. The number of fused-ring (bicyclic) bond motifs is 1. The summed E-state index contributed by atoms with van der Waals surface area (Å²) < 4.78 is 3.29. The fourth-order valence-electron chi connectivity index (χ4n) is 2.68. The number of thioether (sulfide) groups is 1. The second-order valence-electron chi connectivity index (χ2n) is 5.65. The summed E-state index contributed by atoms with van der Waals surface area (Å²) in [7, 11) is 0. The van der Waals surface area contributed by atoms with Crippen LogP contribution in [-0.4, -0.2) is 16.7 Å². The van der Waals surface area contributed by atoms with Gasteiger partial charge in [-0.15, -0.1) is 11.8 Å². The van der Waals surface area contributed by atoms with E-state index >= 15 is 0 Å². The van der Waals surface area contributed by atoms with Gasteiger partial charge in [0, 0.05) is 11.4 Å². The van der Waals surface area contributed by atoms with Crippen LogP contribution in [0.5, 0.6) is 0 Å². The lowest BCUT2D eigenvalue weighted by Gasteiger charge is -2.04. The fraction of sp³-hybridized carbons (Fsp3) is 0.263. The Morgan fingerprint density at radius 2 is 1.92 bits per heavy atom. The maximum absolute atomic E-state index is 12.7. The van der Waals surface area contributed by atoms with E-state index in [9.17, 15) is 4.79 Å². The zero-order valence-corrected chi connectivity index (χ0v) is 15.9. The number of rotatable bonds is 3. The van der Waals surface area contributed by atoms with Gasteiger partial charge in [0.1, 0.15) is 0 Å². The molecule has 0 aliphatic rings. The number of benzene rings is 2. The molecule has 0 unspecified atom stereocenters. The van der Waals surface area contributed by atoms with Crippen molar-refractivity contribution in [2.75, 3.05) is 6.26 Å². The molecule has 0 fully saturated rings. The zero-order chi connectivity index (χ0) is 17.3. The van der Waals surface area contributed by atoms with Gasteiger partial charge < -0.3 is 4.57 Å². The monoisotopic (exact) mass is 356 g/mol. The lowest BCUT2D eigenvalue weighted by Crippen LogP contribution is -2.16. The number of carbonyl (C=O) groups is 1. The number of hydrogen-bond acceptors (Lipinski definition) is 3. The summed E-state index contributed by atoms with van der Waals surface area (Å²) in [6.45, 7) is 7.10. The second kappa shape index (κ2) is 6.95. The normalized spacial score (nSPS) is 12.1. The molecule has 1 aromatic heterocycles. The molecule has 0 saturated heterocycles. The molecule has 124 valence electrons. The standard InChI is InChI=1S/C19H20N2OS2/c1-5-21-15-10-12(2)13(3)11-17(15)24-19(21)20-18(22)14-8-6-7-9-16(14)23-4/h6-11H,5H2,1-4H3. The third-order valence-corrected chi connectivity index (χ3v) is 5.99. The van der Waals surface area contributed by atoms with Crippen LogP contribution in [0.25, 0.3) is 10.2 Å². The topological polar surface area (TPSA) is 34.4 Å². The van der Waals surface area contributed by atoms with Crippen molar-refractivity contribution in [2.24, 2.45) is 4.99 Å². The minimum atomic E-state index is -0.179. The zero-order valence-electron chi connectivity index (χ0n) is 14.3. The summed E-state index contributed by atoms with van der Waals surface area (Å²) >= 11 is 3.15. The predicted octanol–water partition coefficient (Wildman–Crippen LogP) is 4.80. The van der Waals surface area contributed by atoms with Crippen molar-refractivity contribution in [3.63, 3.8) is 0 Å². The lowest BCUT2D eigenvalue weighted by atomic mass is 10.1. The Hall–Kier alpha value is -1.85. The van der Waals surface area contributed by atoms with Crippen molar-refractivity contribution in [3.8, 4) is 0 Å². The van der Waals surface area contributed by atoms with Crippen molar-refractivity contribution in [2.45, 2.75) is 32.2 Å². The predicted molar refractivity (Wildman–Crippen MR) is 103 cm³/mol. The van der Waals surface area contributed by atoms with Gasteiger partial charge in [-0.1, -0.05) is 23.5 Å². The number of aromatic nitrogens is 1. The quantitative estimate of drug-likeness (QED) is 0.632. The van der Waals surface area contributed by atoms with Crippen LogP contribution in [0.2, 0.25) is 0 Å². The molecule has 1 heterocycles. The van der Waals surface area contributed by atoms with Gasteiger partial charge in [-0.05, 0) is 62.4 Å². The highest BCUT2D eigenvalue weighted by Gasteiger charge is 2.12. The van der Waals surface area contributed by atoms with Gasteiger partial charge in [0.25, 0.3) is 5.91 Å². The highest BCUT2D eigenvalue weighted by atomic mass is 32.2. The molecular weight excluding hydrogens is 336 g/mol. The molecule has 0 spiro atoms. The average Bonchev–Trinajstić information content (AvgIpc) is 2.91. The summed E-state index contributed by atoms with van der Waals surface area (Å²) in [6.07, 6.45) is 1.98. The van der Waals surface area contributed by atoms with Crippen molar-refractivity contribution >= 4 is 39.2 Å². The van der Waals surface area contributed by atoms with E-state index in [0.717, 1.165) is 21.8 Å². The molecule has 2 aromatic carbocycles. The third kappa shape index (κ3) is 3.06. The van der Waals surface area contributed by atoms with E-state index in [1.165, 1.54) is 15.8 Å². The van der Waals surface area contributed by atoms with Crippen LogP contribution in [0.4, 0.5) is 0 Å². The SMILES string of the molecule is CCn1c(=NC(=O)c2ccccc2SC)sc2cc(C)c(C)cc21. The van der Waals surface area contributed by atoms with E-state index in [0.29, 0.717) is 5.56 Å². The first-order chi connectivity index (χ1) is 11.5. The first kappa shape index (κ1) is 17.0. The van der Waals surface area contributed by atoms with E-state index in [4.69, 9.17) is 0 Å². The Bertz CT molecular complexity index is 983. The Morgan fingerprint density at radius 1 is 1.21 bits per heavy atom. The molecule has 1 amide bonds. The van der Waals surface area contributed by atoms with Gasteiger partial charge >= 0.3 is 0 Å². The molecule has 0 aliphatic heterocycles. The van der Waals surface area contributed by atoms with E-state index in [1.54, 1.807) is 23.1 Å². The van der Waals surface area contributed by atoms with Crippen molar-refractivity contribution < 1.29 is 4.79 Å². The lowest BCUT2D eigenvalue weighted by molar-refractivity contribution is 0.0995. The summed E-state index contributed by atoms with van der Waals surface area (Å²) in [6, 6.07) is 12.0. The van der Waals surface area contributed by atoms with Crippen LogP contribution in [0.1, 0.15) is 28.4 Å². The first-order valence-electron chi connectivity index (χ1n) is 7.87. The van der Waals surface area contributed by atoms with E-state index in [1.807, 2.05) is 30.5 Å². The summed E-state index contributed by atoms with van der Waals surface area (Å²) in [4.78, 5) is 18.8. The minimum Gasteiger partial charge on any atom is -0.317 e. The van der Waals surface area contributed by atoms with Crippen LogP contribution in [0.15, 0.2) is 46.3 Å². The average molecular weight is 357 g/mol. The highest BCUT2D eigenvalue weighted by molar-refractivity contribution is 7.98. The van der Waals surface area contributed by atoms with Crippen molar-refractivity contribution in [3.05, 3.63) is 57.9 Å². The van der Waals surface area contributed by atoms with Crippen LogP contribution in [0, 0.1) is 13.8 Å². The van der Waals surface area contributed by atoms with Crippen molar-refractivity contribution in [1.29, 1.82) is 0 Å². The molecule has 24 heavy (non-hydrogen) atoms. The highest BCUT2D eigenvalue weighted by Crippen LogP contribution is 2.23. The minimum absolute atomic E-state index is 0.179.